The standard InChI is InChI=1S/C54H37N2Si/c1-3-17-39(18-4-1)55-47-26-11-7-24-45(47)53-49(55)34-35-50-54(53)46-25-8-12-27-48(46)56(50)40-32-30-37(31-33-40)38-16-15-21-42(36-38)57(41-19-5-2-6-20-41)51-28-13-9-22-43(51)44-23-10-14-29-52(44)57/h1-36,57H/q-1. The first-order valence-corrected chi connectivity index (χ1v) is 22.2. The van der Waals surface area contributed by atoms with Gasteiger partial charge in [0, 0.05) is 5.69 Å². The number of hydrogen-bond donors (Lipinski definition) is 0. The van der Waals surface area contributed by atoms with Gasteiger partial charge < -0.3 is 4.57 Å². The number of para-hydroxylation sites is 3. The smallest absolute Gasteiger partial charge is 0.0602 e. The van der Waals surface area contributed by atoms with Crippen molar-refractivity contribution in [3.63, 3.8) is 0 Å². The molecule has 0 spiro atoms. The van der Waals surface area contributed by atoms with Crippen molar-refractivity contribution in [3.8, 4) is 33.6 Å². The third kappa shape index (κ3) is 4.52. The van der Waals surface area contributed by atoms with Gasteiger partial charge in [-0.2, -0.15) is 0 Å². The molecule has 2 aromatic heterocycles. The number of rotatable bonds is 5. The van der Waals surface area contributed by atoms with Gasteiger partial charge in [-0.25, -0.2) is 0 Å². The normalized spacial score (nSPS) is 13.6. The zero-order valence-corrected chi connectivity index (χ0v) is 32.4. The van der Waals surface area contributed by atoms with E-state index in [4.69, 9.17) is 0 Å². The minimum absolute atomic E-state index is 1.16. The van der Waals surface area contributed by atoms with E-state index >= 15 is 0 Å². The molecule has 9 aromatic carbocycles. The molecule has 12 rings (SSSR count). The molecule has 1 aliphatic heterocycles. The fraction of sp³-hybridized carbons (Fsp3) is 0. The first-order chi connectivity index (χ1) is 28.3. The van der Waals surface area contributed by atoms with Crippen molar-refractivity contribution in [2.45, 2.75) is 0 Å². The first-order valence-electron chi connectivity index (χ1n) is 19.9. The van der Waals surface area contributed by atoms with Crippen LogP contribution in [0.3, 0.4) is 0 Å². The molecule has 1 aliphatic rings. The summed E-state index contributed by atoms with van der Waals surface area (Å²) in [5.74, 6) is 0. The third-order valence-electron chi connectivity index (χ3n) is 12.8. The third-order valence-corrected chi connectivity index (χ3v) is 18.4. The van der Waals surface area contributed by atoms with E-state index in [2.05, 4.69) is 228 Å². The molecule has 0 fully saturated rings. The van der Waals surface area contributed by atoms with Crippen molar-refractivity contribution in [1.29, 1.82) is 0 Å². The van der Waals surface area contributed by atoms with E-state index in [-0.39, 0.29) is 0 Å². The van der Waals surface area contributed by atoms with Gasteiger partial charge in [0.05, 0.1) is 5.52 Å². The van der Waals surface area contributed by atoms with Crippen LogP contribution >= 0.6 is 0 Å². The van der Waals surface area contributed by atoms with E-state index < -0.39 is 8.07 Å². The minimum atomic E-state index is -3.00. The van der Waals surface area contributed by atoms with E-state index in [1.54, 1.807) is 0 Å². The van der Waals surface area contributed by atoms with Crippen molar-refractivity contribution in [2.75, 3.05) is 0 Å². The molecule has 0 saturated heterocycles. The van der Waals surface area contributed by atoms with Crippen LogP contribution in [0.2, 0.25) is 0 Å². The fourth-order valence-electron chi connectivity index (χ4n) is 10.5. The molecule has 3 heterocycles. The van der Waals surface area contributed by atoms with Crippen LogP contribution in [0.4, 0.5) is 0 Å². The summed E-state index contributed by atoms with van der Waals surface area (Å²) >= 11 is 0. The molecule has 3 heteroatoms. The summed E-state index contributed by atoms with van der Waals surface area (Å²) in [7, 11) is -3.00. The summed E-state index contributed by atoms with van der Waals surface area (Å²) in [6.07, 6.45) is 0. The Kier molecular flexibility index (Phi) is 6.98. The van der Waals surface area contributed by atoms with Crippen LogP contribution in [-0.4, -0.2) is 17.2 Å². The fourth-order valence-corrected chi connectivity index (χ4v) is 16.5. The van der Waals surface area contributed by atoms with Gasteiger partial charge in [-0.3, -0.25) is 0 Å². The molecule has 0 unspecified atom stereocenters. The summed E-state index contributed by atoms with van der Waals surface area (Å²) in [6, 6.07) is 81.3. The number of benzene rings is 9. The molecule has 2 nitrogen and oxygen atoms in total. The van der Waals surface area contributed by atoms with Gasteiger partial charge in [0.2, 0.25) is 0 Å². The Labute approximate surface area is 332 Å². The average molecular weight is 742 g/mol. The predicted molar refractivity (Wildman–Crippen MR) is 245 cm³/mol. The summed E-state index contributed by atoms with van der Waals surface area (Å²) in [5.41, 5.74) is 12.4. The Balaban J connectivity index is 1.03. The Morgan fingerprint density at radius 1 is 0.298 bits per heavy atom. The quantitative estimate of drug-likeness (QED) is 0.156. The minimum Gasteiger partial charge on any atom is -0.0602 e. The maximum absolute atomic E-state index is 3.00. The first kappa shape index (κ1) is 32.1. The van der Waals surface area contributed by atoms with Gasteiger partial charge in [0.15, 0.2) is 0 Å². The second-order valence-electron chi connectivity index (χ2n) is 15.5. The van der Waals surface area contributed by atoms with Crippen LogP contribution in [0.15, 0.2) is 218 Å². The molecule has 0 amide bonds. The van der Waals surface area contributed by atoms with E-state index in [1.165, 1.54) is 92.3 Å². The van der Waals surface area contributed by atoms with Gasteiger partial charge in [0.1, 0.15) is 0 Å². The average Bonchev–Trinajstić information content (AvgIpc) is 3.91. The van der Waals surface area contributed by atoms with E-state index in [9.17, 15) is 0 Å². The van der Waals surface area contributed by atoms with Crippen LogP contribution in [-0.2, 0) is 0 Å². The molecule has 0 radical (unpaired) electrons. The SMILES string of the molecule is c1ccc(-n2c3ccccc3c3c4c5ccccc5n(-c5ccc(-c6cccc([SiH-]7(c8ccccc8)c8ccccc8-c8ccccc87)c6)cc5)c4ccc32)cc1. The van der Waals surface area contributed by atoms with Gasteiger partial charge in [-0.05, 0) is 18.2 Å². The summed E-state index contributed by atoms with van der Waals surface area (Å²) in [4.78, 5) is 0. The Hall–Kier alpha value is -7.20. The number of aromatic nitrogens is 2. The Morgan fingerprint density at radius 3 is 1.37 bits per heavy atom. The summed E-state index contributed by atoms with van der Waals surface area (Å²) in [5, 5.41) is 11.0. The van der Waals surface area contributed by atoms with Crippen LogP contribution in [0, 0.1) is 0 Å². The Bertz CT molecular complexity index is 3290. The second kappa shape index (κ2) is 12.4. The van der Waals surface area contributed by atoms with Gasteiger partial charge in [0.25, 0.3) is 0 Å². The van der Waals surface area contributed by atoms with Crippen molar-refractivity contribution in [3.05, 3.63) is 218 Å². The van der Waals surface area contributed by atoms with E-state index in [1.807, 2.05) is 0 Å². The van der Waals surface area contributed by atoms with Crippen molar-refractivity contribution in [1.82, 2.24) is 9.13 Å². The molecule has 0 saturated carbocycles. The molecule has 57 heavy (non-hydrogen) atoms. The van der Waals surface area contributed by atoms with E-state index in [0.717, 1.165) is 5.69 Å². The van der Waals surface area contributed by atoms with Crippen LogP contribution in [0.25, 0.3) is 77.2 Å². The van der Waals surface area contributed by atoms with Crippen LogP contribution < -0.4 is 20.7 Å². The Morgan fingerprint density at radius 2 is 0.772 bits per heavy atom. The molecule has 0 aliphatic carbocycles. The number of hydrogen-bond acceptors (Lipinski definition) is 0. The van der Waals surface area contributed by atoms with Gasteiger partial charge >= 0.3 is 263 Å². The summed E-state index contributed by atoms with van der Waals surface area (Å²) in [6.45, 7) is 0. The second-order valence-corrected chi connectivity index (χ2v) is 19.8. The summed E-state index contributed by atoms with van der Waals surface area (Å²) < 4.78 is 4.86. The zero-order valence-electron chi connectivity index (χ0n) is 31.3. The number of fused-ring (bicyclic) bond motifs is 10. The van der Waals surface area contributed by atoms with E-state index in [0.29, 0.717) is 0 Å². The molecule has 11 aromatic rings. The predicted octanol–water partition coefficient (Wildman–Crippen LogP) is 10.6. The monoisotopic (exact) mass is 741 g/mol. The number of nitrogens with zero attached hydrogens (tertiary/aromatic N) is 2. The molecular weight excluding hydrogens is 705 g/mol. The molecule has 0 bridgehead atoms. The zero-order chi connectivity index (χ0) is 37.5. The van der Waals surface area contributed by atoms with Crippen molar-refractivity contribution < 1.29 is 0 Å². The van der Waals surface area contributed by atoms with Crippen molar-refractivity contribution >= 4 is 72.4 Å². The van der Waals surface area contributed by atoms with Crippen LogP contribution in [0.5, 0.6) is 0 Å². The molecule has 268 valence electrons. The molecular formula is C54H37N2Si-. The van der Waals surface area contributed by atoms with Crippen LogP contribution in [0.1, 0.15) is 0 Å². The van der Waals surface area contributed by atoms with Gasteiger partial charge in [-0.1, -0.05) is 36.4 Å². The maximum atomic E-state index is 2.49. The van der Waals surface area contributed by atoms with Crippen molar-refractivity contribution in [2.24, 2.45) is 0 Å². The topological polar surface area (TPSA) is 9.86 Å². The molecule has 0 atom stereocenters. The van der Waals surface area contributed by atoms with Gasteiger partial charge in [-0.15, -0.1) is 0 Å². The molecule has 0 N–H and O–H groups in total.